The van der Waals surface area contributed by atoms with Gasteiger partial charge in [-0.05, 0) is 31.6 Å². The summed E-state index contributed by atoms with van der Waals surface area (Å²) in [7, 11) is 0. The Kier molecular flexibility index (Phi) is 3.87. The molecule has 1 aromatic rings. The minimum Gasteiger partial charge on any atom is -0.392 e. The largest absolute Gasteiger partial charge is 0.392 e. The Morgan fingerprint density at radius 3 is 2.53 bits per heavy atom. The Morgan fingerprint density at radius 2 is 1.79 bits per heavy atom. The van der Waals surface area contributed by atoms with Crippen LogP contribution >= 0.6 is 0 Å². The lowest BCUT2D eigenvalue weighted by atomic mass is 9.82. The monoisotopic (exact) mass is 264 g/mol. The fourth-order valence-corrected chi connectivity index (χ4v) is 3.48. The molecule has 1 N–H and O–H groups in total. The molecule has 2 aliphatic rings. The van der Waals surface area contributed by atoms with E-state index < -0.39 is 0 Å². The maximum Gasteiger partial charge on any atom is 0.232 e. The van der Waals surface area contributed by atoms with Crippen molar-refractivity contribution in [1.82, 2.24) is 10.1 Å². The van der Waals surface area contributed by atoms with E-state index >= 15 is 0 Å². The van der Waals surface area contributed by atoms with Gasteiger partial charge in [0.15, 0.2) is 5.82 Å². The maximum absolute atomic E-state index is 10.0. The molecule has 1 heterocycles. The molecule has 2 unspecified atom stereocenters. The van der Waals surface area contributed by atoms with Crippen LogP contribution in [0.4, 0.5) is 0 Å². The molecule has 3 rings (SSSR count). The normalized spacial score (nSPS) is 36.3. The third kappa shape index (κ3) is 2.83. The van der Waals surface area contributed by atoms with Crippen LogP contribution in [0.25, 0.3) is 0 Å². The van der Waals surface area contributed by atoms with E-state index in [1.54, 1.807) is 0 Å². The Balaban J connectivity index is 1.68. The van der Waals surface area contributed by atoms with Gasteiger partial charge in [0.2, 0.25) is 5.89 Å². The van der Waals surface area contributed by atoms with Gasteiger partial charge in [0.25, 0.3) is 0 Å². The number of aromatic nitrogens is 2. The van der Waals surface area contributed by atoms with Gasteiger partial charge in [0, 0.05) is 5.92 Å². The average Bonchev–Trinajstić information content (AvgIpc) is 2.89. The van der Waals surface area contributed by atoms with E-state index in [1.807, 2.05) is 0 Å². The molecule has 2 atom stereocenters. The Morgan fingerprint density at radius 1 is 1.05 bits per heavy atom. The zero-order valence-electron chi connectivity index (χ0n) is 11.7. The molecule has 0 spiro atoms. The summed E-state index contributed by atoms with van der Waals surface area (Å²) in [5.74, 6) is 2.91. The predicted octanol–water partition coefficient (Wildman–Crippen LogP) is 3.38. The molecule has 106 valence electrons. The van der Waals surface area contributed by atoms with Crippen LogP contribution in [-0.2, 0) is 0 Å². The first kappa shape index (κ1) is 13.1. The standard InChI is InChI=1S/C15H24N2O2/c1-10-6-8-11(9-7-10)14-16-15(19-17-14)12-4-2-3-5-13(12)18/h10-13,18H,2-9H2,1H3. The summed E-state index contributed by atoms with van der Waals surface area (Å²) >= 11 is 0. The van der Waals surface area contributed by atoms with Crippen LogP contribution in [0.2, 0.25) is 0 Å². The summed E-state index contributed by atoms with van der Waals surface area (Å²) in [6.45, 7) is 2.32. The molecule has 19 heavy (non-hydrogen) atoms. The third-order valence-corrected chi connectivity index (χ3v) is 4.89. The van der Waals surface area contributed by atoms with Crippen molar-refractivity contribution in [2.75, 3.05) is 0 Å². The molecule has 0 radical (unpaired) electrons. The van der Waals surface area contributed by atoms with Gasteiger partial charge >= 0.3 is 0 Å². The summed E-state index contributed by atoms with van der Waals surface area (Å²) in [4.78, 5) is 4.60. The zero-order chi connectivity index (χ0) is 13.2. The van der Waals surface area contributed by atoms with Crippen molar-refractivity contribution in [3.63, 3.8) is 0 Å². The molecule has 2 fully saturated rings. The lowest BCUT2D eigenvalue weighted by Gasteiger charge is -2.24. The van der Waals surface area contributed by atoms with Crippen molar-refractivity contribution in [1.29, 1.82) is 0 Å². The highest BCUT2D eigenvalue weighted by Crippen LogP contribution is 2.36. The predicted molar refractivity (Wildman–Crippen MR) is 71.9 cm³/mol. The van der Waals surface area contributed by atoms with Crippen LogP contribution in [0.1, 0.15) is 81.8 Å². The van der Waals surface area contributed by atoms with Crippen molar-refractivity contribution < 1.29 is 9.63 Å². The van der Waals surface area contributed by atoms with Crippen LogP contribution in [0.3, 0.4) is 0 Å². The summed E-state index contributed by atoms with van der Waals surface area (Å²) in [5, 5.41) is 14.2. The lowest BCUT2D eigenvalue weighted by molar-refractivity contribution is 0.0908. The molecule has 0 aromatic carbocycles. The average molecular weight is 264 g/mol. The molecule has 0 aliphatic heterocycles. The van der Waals surface area contributed by atoms with Crippen molar-refractivity contribution in [3.8, 4) is 0 Å². The zero-order valence-corrected chi connectivity index (χ0v) is 11.7. The molecular formula is C15H24N2O2. The fourth-order valence-electron chi connectivity index (χ4n) is 3.48. The van der Waals surface area contributed by atoms with Gasteiger partial charge < -0.3 is 9.63 Å². The van der Waals surface area contributed by atoms with Gasteiger partial charge in [-0.25, -0.2) is 0 Å². The van der Waals surface area contributed by atoms with E-state index in [4.69, 9.17) is 4.52 Å². The van der Waals surface area contributed by atoms with E-state index in [1.165, 1.54) is 25.7 Å². The fraction of sp³-hybridized carbons (Fsp3) is 0.867. The van der Waals surface area contributed by atoms with E-state index in [0.717, 1.165) is 37.4 Å². The summed E-state index contributed by atoms with van der Waals surface area (Å²) in [6, 6.07) is 0. The molecule has 4 nitrogen and oxygen atoms in total. The minimum absolute atomic E-state index is 0.0671. The molecule has 0 amide bonds. The molecule has 0 bridgehead atoms. The molecule has 1 aromatic heterocycles. The first-order valence-corrected chi connectivity index (χ1v) is 7.75. The summed E-state index contributed by atoms with van der Waals surface area (Å²) in [5.41, 5.74) is 0. The number of aliphatic hydroxyl groups is 1. The van der Waals surface area contributed by atoms with E-state index in [-0.39, 0.29) is 12.0 Å². The summed E-state index contributed by atoms with van der Waals surface area (Å²) < 4.78 is 5.43. The van der Waals surface area contributed by atoms with Crippen LogP contribution in [0.5, 0.6) is 0 Å². The first-order chi connectivity index (χ1) is 9.24. The minimum atomic E-state index is -0.298. The number of nitrogens with zero attached hydrogens (tertiary/aromatic N) is 2. The highest BCUT2D eigenvalue weighted by molar-refractivity contribution is 5.03. The van der Waals surface area contributed by atoms with Crippen LogP contribution in [0.15, 0.2) is 4.52 Å². The lowest BCUT2D eigenvalue weighted by Crippen LogP contribution is -2.22. The smallest absolute Gasteiger partial charge is 0.232 e. The Labute approximate surface area is 114 Å². The Bertz CT molecular complexity index is 410. The molecule has 4 heteroatoms. The second kappa shape index (κ2) is 5.61. The van der Waals surface area contributed by atoms with Crippen LogP contribution in [-0.4, -0.2) is 21.4 Å². The summed E-state index contributed by atoms with van der Waals surface area (Å²) in [6.07, 6.45) is 8.68. The van der Waals surface area contributed by atoms with Gasteiger partial charge in [-0.3, -0.25) is 0 Å². The SMILES string of the molecule is CC1CCC(c2noc(C3CCCCC3O)n2)CC1. The Hall–Kier alpha value is -0.900. The van der Waals surface area contributed by atoms with Gasteiger partial charge in [-0.2, -0.15) is 4.98 Å². The van der Waals surface area contributed by atoms with Gasteiger partial charge in [-0.15, -0.1) is 0 Å². The van der Waals surface area contributed by atoms with Crippen molar-refractivity contribution in [2.45, 2.75) is 76.2 Å². The second-order valence-electron chi connectivity index (χ2n) is 6.41. The third-order valence-electron chi connectivity index (χ3n) is 4.89. The first-order valence-electron chi connectivity index (χ1n) is 7.75. The highest BCUT2D eigenvalue weighted by atomic mass is 16.5. The van der Waals surface area contributed by atoms with E-state index in [2.05, 4.69) is 17.1 Å². The topological polar surface area (TPSA) is 59.2 Å². The molecular weight excluding hydrogens is 240 g/mol. The quantitative estimate of drug-likeness (QED) is 0.889. The van der Waals surface area contributed by atoms with Gasteiger partial charge in [0.1, 0.15) is 0 Å². The molecule has 2 aliphatic carbocycles. The molecule has 2 saturated carbocycles. The van der Waals surface area contributed by atoms with Gasteiger partial charge in [-0.1, -0.05) is 37.8 Å². The van der Waals surface area contributed by atoms with E-state index in [9.17, 15) is 5.11 Å². The molecule has 0 saturated heterocycles. The maximum atomic E-state index is 10.0. The highest BCUT2D eigenvalue weighted by Gasteiger charge is 2.31. The number of aliphatic hydroxyl groups excluding tert-OH is 1. The number of hydrogen-bond acceptors (Lipinski definition) is 4. The van der Waals surface area contributed by atoms with E-state index in [0.29, 0.717) is 11.8 Å². The van der Waals surface area contributed by atoms with Crippen molar-refractivity contribution in [2.24, 2.45) is 5.92 Å². The van der Waals surface area contributed by atoms with Gasteiger partial charge in [0.05, 0.1) is 12.0 Å². The van der Waals surface area contributed by atoms with Crippen molar-refractivity contribution >= 4 is 0 Å². The van der Waals surface area contributed by atoms with Crippen LogP contribution < -0.4 is 0 Å². The number of hydrogen-bond donors (Lipinski definition) is 1. The van der Waals surface area contributed by atoms with Crippen molar-refractivity contribution in [3.05, 3.63) is 11.7 Å². The van der Waals surface area contributed by atoms with Crippen LogP contribution in [0, 0.1) is 5.92 Å². The number of rotatable bonds is 2. The second-order valence-corrected chi connectivity index (χ2v) is 6.41.